The Kier molecular flexibility index (Phi) is 3.33. The van der Waals surface area contributed by atoms with Crippen molar-refractivity contribution in [3.05, 3.63) is 42.7 Å². The smallest absolute Gasteiger partial charge is 0.169 e. The topological polar surface area (TPSA) is 3.88 Å². The lowest BCUT2D eigenvalue weighted by atomic mass is 10.0. The summed E-state index contributed by atoms with van der Waals surface area (Å²) in [5.41, 5.74) is 0. The molecule has 14 heavy (non-hydrogen) atoms. The van der Waals surface area contributed by atoms with E-state index in [1.807, 2.05) is 0 Å². The van der Waals surface area contributed by atoms with Gasteiger partial charge in [-0.3, -0.25) is 0 Å². The number of hydrogen-bond donors (Lipinski definition) is 0. The highest BCUT2D eigenvalue weighted by atomic mass is 15.0. The lowest BCUT2D eigenvalue weighted by Crippen LogP contribution is -2.38. The summed E-state index contributed by atoms with van der Waals surface area (Å²) >= 11 is 0. The Balaban J connectivity index is 2.08. The molecular weight excluding hydrogens is 170 g/mol. The Morgan fingerprint density at radius 3 is 2.64 bits per heavy atom. The molecular formula is C13H18N+. The van der Waals surface area contributed by atoms with E-state index in [4.69, 9.17) is 0 Å². The number of aromatic nitrogens is 1. The number of pyridine rings is 1. The molecule has 74 valence electrons. The predicted molar refractivity (Wildman–Crippen MR) is 57.9 cm³/mol. The molecule has 1 heterocycles. The van der Waals surface area contributed by atoms with E-state index in [-0.39, 0.29) is 0 Å². The molecule has 0 N–H and O–H groups in total. The second-order valence-corrected chi connectivity index (χ2v) is 3.97. The Morgan fingerprint density at radius 1 is 0.929 bits per heavy atom. The fourth-order valence-corrected chi connectivity index (χ4v) is 2.06. The zero-order chi connectivity index (χ0) is 9.64. The van der Waals surface area contributed by atoms with Gasteiger partial charge in [0.15, 0.2) is 18.4 Å². The number of hydrogen-bond acceptors (Lipinski definition) is 0. The number of nitrogens with zero attached hydrogens (tertiary/aromatic N) is 1. The van der Waals surface area contributed by atoms with Crippen LogP contribution in [0.4, 0.5) is 0 Å². The van der Waals surface area contributed by atoms with Crippen LogP contribution >= 0.6 is 0 Å². The van der Waals surface area contributed by atoms with Gasteiger partial charge in [0.2, 0.25) is 0 Å². The summed E-state index contributed by atoms with van der Waals surface area (Å²) in [5, 5.41) is 0. The average Bonchev–Trinajstić information content (AvgIpc) is 2.18. The van der Waals surface area contributed by atoms with Gasteiger partial charge >= 0.3 is 0 Å². The second-order valence-electron chi connectivity index (χ2n) is 3.97. The Labute approximate surface area is 86.1 Å². The van der Waals surface area contributed by atoms with Gasteiger partial charge in [-0.05, 0) is 19.3 Å². The molecule has 1 nitrogen and oxygen atoms in total. The van der Waals surface area contributed by atoms with Crippen LogP contribution in [-0.2, 0) is 0 Å². The highest BCUT2D eigenvalue weighted by Crippen LogP contribution is 2.17. The lowest BCUT2D eigenvalue weighted by Gasteiger charge is -2.11. The SMILES string of the molecule is C1=CCC([n+]2ccccc2)CCCC1. The molecule has 0 amide bonds. The van der Waals surface area contributed by atoms with Gasteiger partial charge in [0, 0.05) is 25.0 Å². The molecule has 1 aliphatic rings. The van der Waals surface area contributed by atoms with Gasteiger partial charge in [-0.15, -0.1) is 0 Å². The Hall–Kier alpha value is -1.11. The van der Waals surface area contributed by atoms with Crippen molar-refractivity contribution in [2.24, 2.45) is 0 Å². The summed E-state index contributed by atoms with van der Waals surface area (Å²) in [6.07, 6.45) is 15.5. The molecule has 0 radical (unpaired) electrons. The van der Waals surface area contributed by atoms with E-state index in [1.165, 1.54) is 32.1 Å². The van der Waals surface area contributed by atoms with Crippen LogP contribution in [0.1, 0.15) is 38.1 Å². The van der Waals surface area contributed by atoms with E-state index in [1.54, 1.807) is 0 Å². The van der Waals surface area contributed by atoms with Crippen LogP contribution in [0.5, 0.6) is 0 Å². The van der Waals surface area contributed by atoms with Crippen molar-refractivity contribution in [1.82, 2.24) is 0 Å². The number of allylic oxidation sites excluding steroid dienone is 2. The maximum absolute atomic E-state index is 2.34. The largest absolute Gasteiger partial charge is 0.202 e. The fourth-order valence-electron chi connectivity index (χ4n) is 2.06. The van der Waals surface area contributed by atoms with Crippen LogP contribution in [0.15, 0.2) is 42.7 Å². The van der Waals surface area contributed by atoms with E-state index in [9.17, 15) is 0 Å². The molecule has 0 bridgehead atoms. The van der Waals surface area contributed by atoms with Crippen LogP contribution in [0, 0.1) is 0 Å². The maximum Gasteiger partial charge on any atom is 0.169 e. The monoisotopic (exact) mass is 188 g/mol. The highest BCUT2D eigenvalue weighted by molar-refractivity contribution is 4.87. The van der Waals surface area contributed by atoms with Crippen LogP contribution < -0.4 is 4.57 Å². The zero-order valence-electron chi connectivity index (χ0n) is 8.60. The van der Waals surface area contributed by atoms with Gasteiger partial charge < -0.3 is 0 Å². The van der Waals surface area contributed by atoms with Gasteiger partial charge in [-0.25, -0.2) is 4.57 Å². The maximum atomic E-state index is 2.34. The minimum Gasteiger partial charge on any atom is -0.202 e. The van der Waals surface area contributed by atoms with Crippen molar-refractivity contribution >= 4 is 0 Å². The Morgan fingerprint density at radius 2 is 1.79 bits per heavy atom. The summed E-state index contributed by atoms with van der Waals surface area (Å²) in [6, 6.07) is 6.98. The molecule has 1 aromatic heterocycles. The fraction of sp³-hybridized carbons (Fsp3) is 0.462. The molecule has 1 aromatic rings. The summed E-state index contributed by atoms with van der Waals surface area (Å²) in [4.78, 5) is 0. The zero-order valence-corrected chi connectivity index (χ0v) is 8.60. The summed E-state index contributed by atoms with van der Waals surface area (Å²) in [5.74, 6) is 0. The van der Waals surface area contributed by atoms with Gasteiger partial charge in [-0.2, -0.15) is 0 Å². The first-order valence-electron chi connectivity index (χ1n) is 5.57. The third-order valence-electron chi connectivity index (χ3n) is 2.89. The molecule has 1 atom stereocenters. The third-order valence-corrected chi connectivity index (χ3v) is 2.89. The summed E-state index contributed by atoms with van der Waals surface area (Å²) in [6.45, 7) is 0. The van der Waals surface area contributed by atoms with Crippen molar-refractivity contribution in [1.29, 1.82) is 0 Å². The normalized spacial score (nSPS) is 22.7. The van der Waals surface area contributed by atoms with E-state index in [0.717, 1.165) is 0 Å². The van der Waals surface area contributed by atoms with E-state index < -0.39 is 0 Å². The van der Waals surface area contributed by atoms with Crippen LogP contribution in [0.25, 0.3) is 0 Å². The minimum atomic E-state index is 0.674. The average molecular weight is 188 g/mol. The molecule has 1 unspecified atom stereocenters. The van der Waals surface area contributed by atoms with Crippen molar-refractivity contribution in [2.75, 3.05) is 0 Å². The molecule has 1 heteroatoms. The summed E-state index contributed by atoms with van der Waals surface area (Å²) < 4.78 is 2.34. The van der Waals surface area contributed by atoms with Crippen LogP contribution in [-0.4, -0.2) is 0 Å². The van der Waals surface area contributed by atoms with E-state index in [0.29, 0.717) is 6.04 Å². The van der Waals surface area contributed by atoms with Gasteiger partial charge in [-0.1, -0.05) is 18.2 Å². The Bertz CT molecular complexity index is 289. The molecule has 0 aliphatic heterocycles. The van der Waals surface area contributed by atoms with Crippen molar-refractivity contribution < 1.29 is 4.57 Å². The van der Waals surface area contributed by atoms with Crippen molar-refractivity contribution in [3.8, 4) is 0 Å². The van der Waals surface area contributed by atoms with Gasteiger partial charge in [0.25, 0.3) is 0 Å². The molecule has 0 aromatic carbocycles. The van der Waals surface area contributed by atoms with E-state index in [2.05, 4.69) is 47.3 Å². The number of rotatable bonds is 1. The van der Waals surface area contributed by atoms with E-state index >= 15 is 0 Å². The lowest BCUT2D eigenvalue weighted by molar-refractivity contribution is -0.723. The third kappa shape index (κ3) is 2.44. The first kappa shape index (κ1) is 9.45. The first-order valence-corrected chi connectivity index (χ1v) is 5.57. The molecule has 0 fully saturated rings. The standard InChI is InChI=1S/C13H18N/c1-2-5-9-13(10-6-3-1)14-11-7-4-8-12-14/h2,4-5,7-8,11-13H,1,3,6,9-10H2/q+1. The summed E-state index contributed by atoms with van der Waals surface area (Å²) in [7, 11) is 0. The second kappa shape index (κ2) is 4.94. The van der Waals surface area contributed by atoms with Crippen molar-refractivity contribution in [2.45, 2.75) is 38.1 Å². The minimum absolute atomic E-state index is 0.674. The van der Waals surface area contributed by atoms with Crippen LogP contribution in [0.2, 0.25) is 0 Å². The highest BCUT2D eigenvalue weighted by Gasteiger charge is 2.16. The van der Waals surface area contributed by atoms with Gasteiger partial charge in [0.05, 0.1) is 0 Å². The molecule has 2 rings (SSSR count). The predicted octanol–water partition coefficient (Wildman–Crippen LogP) is 3.04. The molecule has 0 saturated heterocycles. The van der Waals surface area contributed by atoms with Gasteiger partial charge in [0.1, 0.15) is 0 Å². The van der Waals surface area contributed by atoms with Crippen LogP contribution in [0.3, 0.4) is 0 Å². The molecule has 0 saturated carbocycles. The molecule has 0 spiro atoms. The van der Waals surface area contributed by atoms with Crippen molar-refractivity contribution in [3.63, 3.8) is 0 Å². The first-order chi connectivity index (χ1) is 6.97. The quantitative estimate of drug-likeness (QED) is 0.471. The molecule has 1 aliphatic carbocycles.